The van der Waals surface area contributed by atoms with Crippen LogP contribution in [0.15, 0.2) is 18.2 Å². The van der Waals surface area contributed by atoms with Gasteiger partial charge in [-0.25, -0.2) is 0 Å². The zero-order valence-electron chi connectivity index (χ0n) is 13.4. The molecule has 1 N–H and O–H groups in total. The van der Waals surface area contributed by atoms with E-state index in [4.69, 9.17) is 4.74 Å². The lowest BCUT2D eigenvalue weighted by Crippen LogP contribution is -2.43. The highest BCUT2D eigenvalue weighted by atomic mass is 16.5. The molecule has 0 aromatic heterocycles. The number of rotatable bonds is 6. The Bertz CT molecular complexity index is 445. The molecule has 2 unspecified atom stereocenters. The molecule has 0 saturated heterocycles. The van der Waals surface area contributed by atoms with Crippen molar-refractivity contribution in [3.8, 4) is 5.75 Å². The van der Waals surface area contributed by atoms with Crippen molar-refractivity contribution in [2.45, 2.75) is 39.3 Å². The smallest absolute Gasteiger partial charge is 0.119 e. The van der Waals surface area contributed by atoms with E-state index in [-0.39, 0.29) is 0 Å². The van der Waals surface area contributed by atoms with E-state index in [1.807, 2.05) is 0 Å². The number of nitrogens with one attached hydrogen (secondary N) is 1. The van der Waals surface area contributed by atoms with Gasteiger partial charge >= 0.3 is 0 Å². The second kappa shape index (κ2) is 6.59. The fourth-order valence-electron chi connectivity index (χ4n) is 3.38. The summed E-state index contributed by atoms with van der Waals surface area (Å²) < 4.78 is 5.38. The van der Waals surface area contributed by atoms with Crippen LogP contribution in [0.3, 0.4) is 0 Å². The first-order valence-corrected chi connectivity index (χ1v) is 7.68. The summed E-state index contributed by atoms with van der Waals surface area (Å²) in [6.07, 6.45) is 1.13. The van der Waals surface area contributed by atoms with Crippen molar-refractivity contribution in [2.24, 2.45) is 5.92 Å². The highest BCUT2D eigenvalue weighted by Crippen LogP contribution is 2.36. The van der Waals surface area contributed by atoms with Crippen LogP contribution in [0.1, 0.15) is 37.9 Å². The van der Waals surface area contributed by atoms with Crippen LogP contribution >= 0.6 is 0 Å². The minimum Gasteiger partial charge on any atom is -0.497 e. The van der Waals surface area contributed by atoms with Crippen LogP contribution in [0.5, 0.6) is 5.75 Å². The van der Waals surface area contributed by atoms with Crippen molar-refractivity contribution >= 4 is 0 Å². The third-order valence-electron chi connectivity index (χ3n) is 4.29. The summed E-state index contributed by atoms with van der Waals surface area (Å²) in [7, 11) is 3.80. The van der Waals surface area contributed by atoms with E-state index in [1.165, 1.54) is 11.1 Å². The van der Waals surface area contributed by atoms with Crippen LogP contribution in [-0.2, 0) is 6.42 Å². The molecule has 0 spiro atoms. The normalized spacial score (nSPS) is 21.6. The molecule has 1 aromatic carbocycles. The average molecular weight is 276 g/mol. The highest BCUT2D eigenvalue weighted by molar-refractivity contribution is 5.42. The van der Waals surface area contributed by atoms with Gasteiger partial charge in [-0.15, -0.1) is 0 Å². The Labute approximate surface area is 123 Å². The van der Waals surface area contributed by atoms with Crippen molar-refractivity contribution in [2.75, 3.05) is 27.2 Å². The molecule has 1 aromatic rings. The number of nitrogens with zero attached hydrogens (tertiary/aromatic N) is 1. The van der Waals surface area contributed by atoms with Gasteiger partial charge in [0.1, 0.15) is 5.75 Å². The predicted molar refractivity (Wildman–Crippen MR) is 84.4 cm³/mol. The van der Waals surface area contributed by atoms with Crippen molar-refractivity contribution in [3.63, 3.8) is 0 Å². The molecule has 0 radical (unpaired) electrons. The Morgan fingerprint density at radius 2 is 2.15 bits per heavy atom. The maximum atomic E-state index is 5.38. The first-order chi connectivity index (χ1) is 9.60. The SMILES string of the molecule is CCN(CC(C)C)C1Cc2ccc(OC)cc2C1NC. The Morgan fingerprint density at radius 1 is 1.40 bits per heavy atom. The topological polar surface area (TPSA) is 24.5 Å². The number of likely N-dealkylation sites (N-methyl/N-ethyl adjacent to an activating group) is 2. The molecule has 0 amide bonds. The molecule has 112 valence electrons. The summed E-state index contributed by atoms with van der Waals surface area (Å²) in [4.78, 5) is 2.61. The molecule has 0 bridgehead atoms. The van der Waals surface area contributed by atoms with E-state index in [2.05, 4.69) is 56.2 Å². The quantitative estimate of drug-likeness (QED) is 0.864. The molecule has 1 aliphatic carbocycles. The van der Waals surface area contributed by atoms with Crippen LogP contribution in [0.4, 0.5) is 0 Å². The summed E-state index contributed by atoms with van der Waals surface area (Å²) in [5, 5.41) is 3.51. The van der Waals surface area contributed by atoms with Gasteiger partial charge in [0, 0.05) is 18.6 Å². The molecule has 0 heterocycles. The maximum absolute atomic E-state index is 5.38. The Hall–Kier alpha value is -1.06. The second-order valence-electron chi connectivity index (χ2n) is 6.08. The van der Waals surface area contributed by atoms with Crippen molar-refractivity contribution < 1.29 is 4.74 Å². The minimum absolute atomic E-state index is 0.402. The first-order valence-electron chi connectivity index (χ1n) is 7.68. The molecular weight excluding hydrogens is 248 g/mol. The predicted octanol–water partition coefficient (Wildman–Crippen LogP) is 2.86. The van der Waals surface area contributed by atoms with Gasteiger partial charge in [0.2, 0.25) is 0 Å². The largest absolute Gasteiger partial charge is 0.497 e. The van der Waals surface area contributed by atoms with E-state index in [0.717, 1.165) is 25.3 Å². The molecule has 0 saturated carbocycles. The number of methoxy groups -OCH3 is 1. The second-order valence-corrected chi connectivity index (χ2v) is 6.08. The van der Waals surface area contributed by atoms with E-state index in [0.29, 0.717) is 18.0 Å². The van der Waals surface area contributed by atoms with Crippen molar-refractivity contribution in [3.05, 3.63) is 29.3 Å². The zero-order valence-corrected chi connectivity index (χ0v) is 13.4. The lowest BCUT2D eigenvalue weighted by atomic mass is 10.0. The van der Waals surface area contributed by atoms with Crippen LogP contribution < -0.4 is 10.1 Å². The zero-order chi connectivity index (χ0) is 14.7. The number of benzene rings is 1. The summed E-state index contributed by atoms with van der Waals surface area (Å²) in [5.74, 6) is 1.65. The van der Waals surface area contributed by atoms with E-state index in [1.54, 1.807) is 7.11 Å². The van der Waals surface area contributed by atoms with Gasteiger partial charge in [0.05, 0.1) is 7.11 Å². The van der Waals surface area contributed by atoms with E-state index in [9.17, 15) is 0 Å². The molecule has 1 aliphatic rings. The van der Waals surface area contributed by atoms with Gasteiger partial charge in [0.25, 0.3) is 0 Å². The fraction of sp³-hybridized carbons (Fsp3) is 0.647. The number of fused-ring (bicyclic) bond motifs is 1. The molecule has 0 aliphatic heterocycles. The standard InChI is InChI=1S/C17H28N2O/c1-6-19(11-12(2)3)16-9-13-7-8-14(20-5)10-15(13)17(16)18-4/h7-8,10,12,16-18H,6,9,11H2,1-5H3. The fourth-order valence-corrected chi connectivity index (χ4v) is 3.38. The molecule has 20 heavy (non-hydrogen) atoms. The van der Waals surface area contributed by atoms with Crippen LogP contribution in [0, 0.1) is 5.92 Å². The maximum Gasteiger partial charge on any atom is 0.119 e. The average Bonchev–Trinajstić information content (AvgIpc) is 2.81. The Morgan fingerprint density at radius 3 is 2.70 bits per heavy atom. The minimum atomic E-state index is 0.402. The van der Waals surface area contributed by atoms with Crippen LogP contribution in [0.25, 0.3) is 0 Å². The monoisotopic (exact) mass is 276 g/mol. The summed E-state index contributed by atoms with van der Waals surface area (Å²) >= 11 is 0. The molecule has 0 fully saturated rings. The van der Waals surface area contributed by atoms with Crippen LogP contribution in [-0.4, -0.2) is 38.2 Å². The van der Waals surface area contributed by atoms with E-state index < -0.39 is 0 Å². The summed E-state index contributed by atoms with van der Waals surface area (Å²) in [5.41, 5.74) is 2.86. The number of ether oxygens (including phenoxy) is 1. The summed E-state index contributed by atoms with van der Waals surface area (Å²) in [6.45, 7) is 9.11. The Kier molecular flexibility index (Phi) is 5.06. The number of hydrogen-bond donors (Lipinski definition) is 1. The molecule has 2 atom stereocenters. The van der Waals surface area contributed by atoms with Gasteiger partial charge in [0.15, 0.2) is 0 Å². The molecule has 3 heteroatoms. The summed E-state index contributed by atoms with van der Waals surface area (Å²) in [6, 6.07) is 7.45. The van der Waals surface area contributed by atoms with Gasteiger partial charge < -0.3 is 10.1 Å². The molecular formula is C17H28N2O. The first kappa shape index (κ1) is 15.3. The van der Waals surface area contributed by atoms with Gasteiger partial charge in [-0.1, -0.05) is 26.8 Å². The van der Waals surface area contributed by atoms with E-state index >= 15 is 0 Å². The third kappa shape index (κ3) is 2.99. The number of hydrogen-bond acceptors (Lipinski definition) is 3. The molecule has 2 rings (SSSR count). The van der Waals surface area contributed by atoms with Gasteiger partial charge in [-0.05, 0) is 49.2 Å². The van der Waals surface area contributed by atoms with Crippen molar-refractivity contribution in [1.29, 1.82) is 0 Å². The molecule has 3 nitrogen and oxygen atoms in total. The lowest BCUT2D eigenvalue weighted by Gasteiger charge is -2.33. The van der Waals surface area contributed by atoms with Gasteiger partial charge in [-0.2, -0.15) is 0 Å². The van der Waals surface area contributed by atoms with Crippen molar-refractivity contribution in [1.82, 2.24) is 10.2 Å². The third-order valence-corrected chi connectivity index (χ3v) is 4.29. The van der Waals surface area contributed by atoms with Crippen LogP contribution in [0.2, 0.25) is 0 Å². The van der Waals surface area contributed by atoms with Gasteiger partial charge in [-0.3, -0.25) is 4.90 Å². The Balaban J connectivity index is 2.25. The lowest BCUT2D eigenvalue weighted by molar-refractivity contribution is 0.159. The highest BCUT2D eigenvalue weighted by Gasteiger charge is 2.35.